The minimum Gasteiger partial charge on any atom is -0.508 e. The Bertz CT molecular complexity index is 484. The van der Waals surface area contributed by atoms with Crippen molar-refractivity contribution < 1.29 is 5.11 Å². The second kappa shape index (κ2) is 6.52. The van der Waals surface area contributed by atoms with Gasteiger partial charge in [0.1, 0.15) is 5.75 Å². The molecule has 0 aliphatic carbocycles. The topological polar surface area (TPSA) is 52.7 Å². The van der Waals surface area contributed by atoms with E-state index in [-0.39, 0.29) is 11.8 Å². The lowest BCUT2D eigenvalue weighted by atomic mass is 10.0. The lowest BCUT2D eigenvalue weighted by Crippen LogP contribution is -2.49. The molecule has 20 heavy (non-hydrogen) atoms. The van der Waals surface area contributed by atoms with Gasteiger partial charge in [0.05, 0.1) is 11.0 Å². The first kappa shape index (κ1) is 15.2. The third-order valence-electron chi connectivity index (χ3n) is 3.97. The first-order chi connectivity index (χ1) is 9.52. The average molecular weight is 293 g/mol. The van der Waals surface area contributed by atoms with Crippen LogP contribution in [0.4, 0.5) is 0 Å². The Kier molecular flexibility index (Phi) is 4.96. The number of likely N-dealkylation sites (N-methyl/N-ethyl adjacent to an activating group) is 1. The van der Waals surface area contributed by atoms with Gasteiger partial charge in [0.25, 0.3) is 0 Å². The standard InChI is InChI=1S/C15H23N3OS/c1-3-17-6-8-18(9-7-17)14(15(16)20)12-10-11(2)4-5-13(12)19/h4-5,10,14,19H,3,6-9H2,1-2H3,(H2,16,20). The highest BCUT2D eigenvalue weighted by Crippen LogP contribution is 2.30. The Balaban J connectivity index is 2.24. The van der Waals surface area contributed by atoms with Gasteiger partial charge in [-0.2, -0.15) is 0 Å². The number of aromatic hydroxyl groups is 1. The number of piperazine rings is 1. The SMILES string of the molecule is CCN1CCN(C(C(N)=S)c2cc(C)ccc2O)CC1. The lowest BCUT2D eigenvalue weighted by Gasteiger charge is -2.38. The Labute approximate surface area is 126 Å². The molecule has 1 aliphatic heterocycles. The molecule has 1 unspecified atom stereocenters. The second-order valence-electron chi connectivity index (χ2n) is 5.34. The number of hydrogen-bond donors (Lipinski definition) is 2. The zero-order valence-corrected chi connectivity index (χ0v) is 13.0. The van der Waals surface area contributed by atoms with Crippen molar-refractivity contribution in [3.8, 4) is 5.75 Å². The number of thiocarbonyl (C=S) groups is 1. The van der Waals surface area contributed by atoms with Crippen molar-refractivity contribution in [2.75, 3.05) is 32.7 Å². The zero-order valence-electron chi connectivity index (χ0n) is 12.2. The highest BCUT2D eigenvalue weighted by Gasteiger charge is 2.28. The van der Waals surface area contributed by atoms with Crippen molar-refractivity contribution in [2.24, 2.45) is 5.73 Å². The third-order valence-corrected chi connectivity index (χ3v) is 4.19. The van der Waals surface area contributed by atoms with E-state index >= 15 is 0 Å². The van der Waals surface area contributed by atoms with E-state index in [1.807, 2.05) is 19.1 Å². The molecule has 3 N–H and O–H groups in total. The monoisotopic (exact) mass is 293 g/mol. The van der Waals surface area contributed by atoms with Gasteiger partial charge >= 0.3 is 0 Å². The van der Waals surface area contributed by atoms with E-state index in [0.717, 1.165) is 43.9 Å². The number of aryl methyl sites for hydroxylation is 1. The van der Waals surface area contributed by atoms with Crippen LogP contribution in [0, 0.1) is 6.92 Å². The minimum atomic E-state index is -0.177. The predicted molar refractivity (Wildman–Crippen MR) is 86.1 cm³/mol. The van der Waals surface area contributed by atoms with Crippen molar-refractivity contribution in [1.29, 1.82) is 0 Å². The summed E-state index contributed by atoms with van der Waals surface area (Å²) in [6.07, 6.45) is 0. The van der Waals surface area contributed by atoms with Gasteiger partial charge in [-0.05, 0) is 19.5 Å². The summed E-state index contributed by atoms with van der Waals surface area (Å²) in [4.78, 5) is 5.10. The highest BCUT2D eigenvalue weighted by molar-refractivity contribution is 7.80. The second-order valence-corrected chi connectivity index (χ2v) is 5.81. The molecule has 1 saturated heterocycles. The van der Waals surface area contributed by atoms with Crippen LogP contribution in [0.2, 0.25) is 0 Å². The molecule has 110 valence electrons. The molecule has 4 nitrogen and oxygen atoms in total. The van der Waals surface area contributed by atoms with Crippen LogP contribution >= 0.6 is 12.2 Å². The van der Waals surface area contributed by atoms with Gasteiger partial charge in [0.2, 0.25) is 0 Å². The van der Waals surface area contributed by atoms with E-state index in [0.29, 0.717) is 4.99 Å². The number of benzene rings is 1. The first-order valence-electron chi connectivity index (χ1n) is 7.08. The fraction of sp³-hybridized carbons (Fsp3) is 0.533. The Morgan fingerprint density at radius 2 is 2.00 bits per heavy atom. The molecule has 0 saturated carbocycles. The Morgan fingerprint density at radius 1 is 1.35 bits per heavy atom. The number of rotatable bonds is 4. The van der Waals surface area contributed by atoms with Crippen LogP contribution in [0.3, 0.4) is 0 Å². The molecule has 0 amide bonds. The van der Waals surface area contributed by atoms with Crippen LogP contribution in [0.25, 0.3) is 0 Å². The van der Waals surface area contributed by atoms with E-state index in [1.165, 1.54) is 0 Å². The van der Waals surface area contributed by atoms with E-state index in [2.05, 4.69) is 16.7 Å². The molecule has 1 fully saturated rings. The maximum Gasteiger partial charge on any atom is 0.120 e. The van der Waals surface area contributed by atoms with Gasteiger partial charge in [0, 0.05) is 31.7 Å². The van der Waals surface area contributed by atoms with E-state index < -0.39 is 0 Å². The minimum absolute atomic E-state index is 0.177. The Morgan fingerprint density at radius 3 is 2.55 bits per heavy atom. The van der Waals surface area contributed by atoms with Crippen molar-refractivity contribution >= 4 is 17.2 Å². The summed E-state index contributed by atoms with van der Waals surface area (Å²) in [5.41, 5.74) is 7.88. The lowest BCUT2D eigenvalue weighted by molar-refractivity contribution is 0.121. The number of phenols is 1. The number of nitrogens with two attached hydrogens (primary N) is 1. The van der Waals surface area contributed by atoms with E-state index in [1.54, 1.807) is 6.07 Å². The summed E-state index contributed by atoms with van der Waals surface area (Å²) >= 11 is 5.25. The normalized spacial score (nSPS) is 18.9. The molecule has 1 aromatic rings. The van der Waals surface area contributed by atoms with Gasteiger partial charge in [0.15, 0.2) is 0 Å². The van der Waals surface area contributed by atoms with Gasteiger partial charge in [-0.15, -0.1) is 0 Å². The quantitative estimate of drug-likeness (QED) is 0.827. The van der Waals surface area contributed by atoms with Crippen LogP contribution in [-0.2, 0) is 0 Å². The molecular weight excluding hydrogens is 270 g/mol. The van der Waals surface area contributed by atoms with Gasteiger partial charge in [-0.3, -0.25) is 4.90 Å². The maximum atomic E-state index is 10.1. The summed E-state index contributed by atoms with van der Waals surface area (Å²) in [7, 11) is 0. The van der Waals surface area contributed by atoms with Crippen LogP contribution in [0.5, 0.6) is 5.75 Å². The number of phenolic OH excluding ortho intramolecular Hbond substituents is 1. The largest absolute Gasteiger partial charge is 0.508 e. The fourth-order valence-corrected chi connectivity index (χ4v) is 3.04. The maximum absolute atomic E-state index is 10.1. The summed E-state index contributed by atoms with van der Waals surface area (Å²) < 4.78 is 0. The average Bonchev–Trinajstić information content (AvgIpc) is 2.43. The molecule has 0 radical (unpaired) electrons. The van der Waals surface area contributed by atoms with E-state index in [4.69, 9.17) is 18.0 Å². The Hall–Kier alpha value is -1.17. The predicted octanol–water partition coefficient (Wildman–Crippen LogP) is 1.67. The smallest absolute Gasteiger partial charge is 0.120 e. The van der Waals surface area contributed by atoms with Crippen molar-refractivity contribution in [3.05, 3.63) is 29.3 Å². The first-order valence-corrected chi connectivity index (χ1v) is 7.49. The molecule has 1 heterocycles. The van der Waals surface area contributed by atoms with Crippen LogP contribution in [0.1, 0.15) is 24.1 Å². The number of hydrogen-bond acceptors (Lipinski definition) is 4. The molecule has 2 rings (SSSR count). The molecule has 1 aromatic carbocycles. The van der Waals surface area contributed by atoms with E-state index in [9.17, 15) is 5.11 Å². The zero-order chi connectivity index (χ0) is 14.7. The van der Waals surface area contributed by atoms with Crippen LogP contribution in [0.15, 0.2) is 18.2 Å². The van der Waals surface area contributed by atoms with Crippen LogP contribution < -0.4 is 5.73 Å². The number of nitrogens with zero attached hydrogens (tertiary/aromatic N) is 2. The third kappa shape index (κ3) is 3.29. The molecule has 1 aliphatic rings. The van der Waals surface area contributed by atoms with Crippen LogP contribution in [-0.4, -0.2) is 52.6 Å². The summed E-state index contributed by atoms with van der Waals surface area (Å²) in [6, 6.07) is 5.41. The van der Waals surface area contributed by atoms with Gasteiger partial charge in [-0.25, -0.2) is 0 Å². The fourth-order valence-electron chi connectivity index (χ4n) is 2.76. The van der Waals surface area contributed by atoms with Gasteiger partial charge < -0.3 is 15.7 Å². The molecular formula is C15H23N3OS. The summed E-state index contributed by atoms with van der Waals surface area (Å²) in [5.74, 6) is 0.270. The van der Waals surface area contributed by atoms with Crippen molar-refractivity contribution in [1.82, 2.24) is 9.80 Å². The van der Waals surface area contributed by atoms with Crippen molar-refractivity contribution in [2.45, 2.75) is 19.9 Å². The molecule has 5 heteroatoms. The summed E-state index contributed by atoms with van der Waals surface area (Å²) in [5, 5.41) is 10.1. The van der Waals surface area contributed by atoms with Crippen molar-refractivity contribution in [3.63, 3.8) is 0 Å². The van der Waals surface area contributed by atoms with Gasteiger partial charge in [-0.1, -0.05) is 36.8 Å². The molecule has 0 spiro atoms. The molecule has 0 aromatic heterocycles. The molecule has 1 atom stereocenters. The molecule has 0 bridgehead atoms. The highest BCUT2D eigenvalue weighted by atomic mass is 32.1. The summed E-state index contributed by atoms with van der Waals surface area (Å²) in [6.45, 7) is 9.12.